The number of nitrogens with zero attached hydrogens (tertiary/aromatic N) is 2. The summed E-state index contributed by atoms with van der Waals surface area (Å²) in [6.07, 6.45) is 10.2. The van der Waals surface area contributed by atoms with Crippen molar-refractivity contribution in [2.45, 2.75) is 19.4 Å². The molecule has 3 rings (SSSR count). The number of hydrogen-bond donors (Lipinski definition) is 1. The van der Waals surface area contributed by atoms with Crippen LogP contribution < -0.4 is 0 Å². The number of aromatic amines is 1. The molecule has 1 amide bonds. The number of aromatic nitrogens is 2. The van der Waals surface area contributed by atoms with Gasteiger partial charge in [0.05, 0.1) is 6.54 Å². The molecule has 1 N–H and O–H groups in total. The molecular formula is C13H17N3O. The molecule has 3 atom stereocenters. The number of imidazole rings is 1. The molecule has 2 bridgehead atoms. The van der Waals surface area contributed by atoms with Crippen molar-refractivity contribution in [1.82, 2.24) is 14.9 Å². The molecule has 1 aromatic rings. The van der Waals surface area contributed by atoms with Crippen LogP contribution in [-0.2, 0) is 11.3 Å². The van der Waals surface area contributed by atoms with Gasteiger partial charge in [-0.15, -0.1) is 0 Å². The van der Waals surface area contributed by atoms with Gasteiger partial charge in [-0.3, -0.25) is 4.79 Å². The van der Waals surface area contributed by atoms with Crippen LogP contribution in [0.15, 0.2) is 24.5 Å². The lowest BCUT2D eigenvalue weighted by molar-refractivity contribution is -0.135. The van der Waals surface area contributed by atoms with Crippen molar-refractivity contribution in [3.8, 4) is 0 Å². The Morgan fingerprint density at radius 1 is 1.53 bits per heavy atom. The lowest BCUT2D eigenvalue weighted by atomic mass is 9.92. The normalized spacial score (nSPS) is 29.8. The van der Waals surface area contributed by atoms with E-state index in [4.69, 9.17) is 0 Å². The van der Waals surface area contributed by atoms with E-state index in [1.807, 2.05) is 7.05 Å². The molecule has 3 unspecified atom stereocenters. The number of H-pyrrole nitrogens is 1. The molecular weight excluding hydrogens is 214 g/mol. The minimum absolute atomic E-state index is 0.199. The largest absolute Gasteiger partial charge is 0.347 e. The topological polar surface area (TPSA) is 49.0 Å². The van der Waals surface area contributed by atoms with Gasteiger partial charge in [-0.05, 0) is 24.7 Å². The molecule has 1 saturated carbocycles. The molecule has 4 heteroatoms. The minimum atomic E-state index is 0.199. The first-order valence-corrected chi connectivity index (χ1v) is 6.15. The van der Waals surface area contributed by atoms with Crippen LogP contribution in [0.1, 0.15) is 18.7 Å². The van der Waals surface area contributed by atoms with Crippen molar-refractivity contribution in [2.24, 2.45) is 17.8 Å². The highest BCUT2D eigenvalue weighted by Gasteiger charge is 2.40. The number of allylic oxidation sites excluding steroid dienone is 2. The molecule has 0 spiro atoms. The summed E-state index contributed by atoms with van der Waals surface area (Å²) in [6.45, 7) is 0.573. The number of carbonyl (C=O) groups is 1. The summed E-state index contributed by atoms with van der Waals surface area (Å²) in [6, 6.07) is 0. The predicted molar refractivity (Wildman–Crippen MR) is 63.9 cm³/mol. The van der Waals surface area contributed by atoms with Gasteiger partial charge in [0.1, 0.15) is 5.82 Å². The van der Waals surface area contributed by atoms with Crippen molar-refractivity contribution in [3.63, 3.8) is 0 Å². The van der Waals surface area contributed by atoms with Gasteiger partial charge in [-0.1, -0.05) is 12.2 Å². The fraction of sp³-hybridized carbons (Fsp3) is 0.538. The predicted octanol–water partition coefficient (Wildman–Crippen LogP) is 1.58. The Morgan fingerprint density at radius 3 is 3.00 bits per heavy atom. The van der Waals surface area contributed by atoms with E-state index in [1.165, 1.54) is 6.42 Å². The van der Waals surface area contributed by atoms with E-state index in [1.54, 1.807) is 17.3 Å². The molecule has 1 aromatic heterocycles. The summed E-state index contributed by atoms with van der Waals surface area (Å²) in [5, 5.41) is 0. The zero-order valence-corrected chi connectivity index (χ0v) is 9.97. The Bertz CT molecular complexity index is 438. The van der Waals surface area contributed by atoms with Crippen molar-refractivity contribution in [2.75, 3.05) is 7.05 Å². The van der Waals surface area contributed by atoms with Crippen molar-refractivity contribution in [3.05, 3.63) is 30.4 Å². The van der Waals surface area contributed by atoms with Crippen LogP contribution in [0, 0.1) is 17.8 Å². The van der Waals surface area contributed by atoms with E-state index in [2.05, 4.69) is 22.1 Å². The maximum Gasteiger partial charge on any atom is 0.226 e. The third-order valence-electron chi connectivity index (χ3n) is 3.91. The molecule has 2 aliphatic carbocycles. The summed E-state index contributed by atoms with van der Waals surface area (Å²) in [7, 11) is 1.86. The van der Waals surface area contributed by atoms with E-state index < -0.39 is 0 Å². The second-order valence-electron chi connectivity index (χ2n) is 5.12. The highest BCUT2D eigenvalue weighted by Crippen LogP contribution is 2.44. The fourth-order valence-electron chi connectivity index (χ4n) is 3.03. The lowest BCUT2D eigenvalue weighted by Gasteiger charge is -2.24. The average Bonchev–Trinajstić information content (AvgIpc) is 3.04. The zero-order valence-electron chi connectivity index (χ0n) is 9.97. The third kappa shape index (κ3) is 1.88. The number of hydrogen-bond acceptors (Lipinski definition) is 2. The highest BCUT2D eigenvalue weighted by molar-refractivity contribution is 5.79. The van der Waals surface area contributed by atoms with Crippen LogP contribution in [0.4, 0.5) is 0 Å². The van der Waals surface area contributed by atoms with Crippen LogP contribution in [0.2, 0.25) is 0 Å². The van der Waals surface area contributed by atoms with Crippen LogP contribution in [0.3, 0.4) is 0 Å². The maximum absolute atomic E-state index is 12.3. The lowest BCUT2D eigenvalue weighted by Crippen LogP contribution is -2.34. The first-order chi connectivity index (χ1) is 8.24. The Morgan fingerprint density at radius 2 is 2.41 bits per heavy atom. The van der Waals surface area contributed by atoms with Crippen LogP contribution in [-0.4, -0.2) is 27.8 Å². The summed E-state index contributed by atoms with van der Waals surface area (Å²) in [5.74, 6) is 2.43. The van der Waals surface area contributed by atoms with Crippen LogP contribution >= 0.6 is 0 Å². The van der Waals surface area contributed by atoms with Gasteiger partial charge in [0.2, 0.25) is 5.91 Å². The third-order valence-corrected chi connectivity index (χ3v) is 3.91. The number of carbonyl (C=O) groups excluding carboxylic acids is 1. The summed E-state index contributed by atoms with van der Waals surface area (Å²) in [4.78, 5) is 21.3. The fourth-order valence-corrected chi connectivity index (χ4v) is 3.03. The second-order valence-corrected chi connectivity index (χ2v) is 5.12. The molecule has 0 aliphatic heterocycles. The first-order valence-electron chi connectivity index (χ1n) is 6.15. The Kier molecular flexibility index (Phi) is 2.50. The van der Waals surface area contributed by atoms with Gasteiger partial charge in [0.25, 0.3) is 0 Å². The van der Waals surface area contributed by atoms with Crippen LogP contribution in [0.25, 0.3) is 0 Å². The van der Waals surface area contributed by atoms with Gasteiger partial charge < -0.3 is 9.88 Å². The molecule has 1 heterocycles. The molecule has 1 fully saturated rings. The molecule has 0 aromatic carbocycles. The van der Waals surface area contributed by atoms with Crippen LogP contribution in [0.5, 0.6) is 0 Å². The molecule has 90 valence electrons. The Labute approximate surface area is 101 Å². The van der Waals surface area contributed by atoms with E-state index >= 15 is 0 Å². The quantitative estimate of drug-likeness (QED) is 0.803. The standard InChI is InChI=1S/C13H17N3O/c1-16(8-12-14-4-5-15-12)13(17)11-7-9-2-3-10(11)6-9/h2-5,9-11H,6-8H2,1H3,(H,14,15). The molecule has 17 heavy (non-hydrogen) atoms. The highest BCUT2D eigenvalue weighted by atomic mass is 16.2. The number of nitrogens with one attached hydrogen (secondary N) is 1. The van der Waals surface area contributed by atoms with E-state index in [-0.39, 0.29) is 11.8 Å². The SMILES string of the molecule is CN(Cc1ncc[nH]1)C(=O)C1CC2C=CC1C2. The number of fused-ring (bicyclic) bond motifs is 2. The minimum Gasteiger partial charge on any atom is -0.347 e. The summed E-state index contributed by atoms with van der Waals surface area (Å²) in [5.41, 5.74) is 0. The van der Waals surface area contributed by atoms with Gasteiger partial charge in [-0.25, -0.2) is 4.98 Å². The van der Waals surface area contributed by atoms with Gasteiger partial charge in [-0.2, -0.15) is 0 Å². The molecule has 2 aliphatic rings. The molecule has 0 saturated heterocycles. The molecule has 0 radical (unpaired) electrons. The van der Waals surface area contributed by atoms with Crippen molar-refractivity contribution >= 4 is 5.91 Å². The summed E-state index contributed by atoms with van der Waals surface area (Å²) >= 11 is 0. The van der Waals surface area contributed by atoms with Crippen molar-refractivity contribution in [1.29, 1.82) is 0 Å². The van der Waals surface area contributed by atoms with Gasteiger partial charge in [0.15, 0.2) is 0 Å². The monoisotopic (exact) mass is 231 g/mol. The molecule has 4 nitrogen and oxygen atoms in total. The van der Waals surface area contributed by atoms with E-state index in [0.717, 1.165) is 12.2 Å². The Hall–Kier alpha value is -1.58. The van der Waals surface area contributed by atoms with E-state index in [0.29, 0.717) is 18.4 Å². The second kappa shape index (κ2) is 4.02. The zero-order chi connectivity index (χ0) is 11.8. The van der Waals surface area contributed by atoms with Gasteiger partial charge in [0, 0.05) is 25.4 Å². The smallest absolute Gasteiger partial charge is 0.226 e. The van der Waals surface area contributed by atoms with E-state index in [9.17, 15) is 4.79 Å². The summed E-state index contributed by atoms with van der Waals surface area (Å²) < 4.78 is 0. The van der Waals surface area contributed by atoms with Crippen molar-refractivity contribution < 1.29 is 4.79 Å². The maximum atomic E-state index is 12.3. The number of rotatable bonds is 3. The van der Waals surface area contributed by atoms with Gasteiger partial charge >= 0.3 is 0 Å². The first kappa shape index (κ1) is 10.6. The Balaban J connectivity index is 1.64. The number of amides is 1. The average molecular weight is 231 g/mol.